The fourth-order valence-electron chi connectivity index (χ4n) is 5.44. The van der Waals surface area contributed by atoms with Crippen LogP contribution in [0.1, 0.15) is 66.6 Å². The van der Waals surface area contributed by atoms with Crippen molar-refractivity contribution in [2.75, 3.05) is 26.3 Å². The first-order valence-corrected chi connectivity index (χ1v) is 14.7. The van der Waals surface area contributed by atoms with Gasteiger partial charge < -0.3 is 14.6 Å². The standard InChI is InChI=1S/C35H50N2O3/c1-10-36(29(8)22-39-34-25(4)14-12-15-26(34)5)20-31-18-24(3)19-32(33(31)38)21-37(11-2)30(9)23-40-35-27(6)16-13-17-28(35)7/h12-19,29-30,38H,10-11,20-23H2,1-9H3. The van der Waals surface area contributed by atoms with Gasteiger partial charge in [-0.2, -0.15) is 0 Å². The highest BCUT2D eigenvalue weighted by atomic mass is 16.5. The van der Waals surface area contributed by atoms with E-state index in [0.717, 1.165) is 63.5 Å². The lowest BCUT2D eigenvalue weighted by Crippen LogP contribution is -2.37. The van der Waals surface area contributed by atoms with Crippen LogP contribution in [-0.4, -0.2) is 53.3 Å². The normalized spacial score (nSPS) is 13.1. The molecule has 0 bridgehead atoms. The molecule has 0 saturated carbocycles. The molecule has 3 aromatic carbocycles. The molecule has 0 aliphatic heterocycles. The van der Waals surface area contributed by atoms with Gasteiger partial charge in [0.15, 0.2) is 0 Å². The molecule has 5 nitrogen and oxygen atoms in total. The molecule has 3 rings (SSSR count). The van der Waals surface area contributed by atoms with Crippen LogP contribution in [0.15, 0.2) is 48.5 Å². The van der Waals surface area contributed by atoms with E-state index < -0.39 is 0 Å². The second kappa shape index (κ2) is 14.6. The number of hydrogen-bond acceptors (Lipinski definition) is 5. The van der Waals surface area contributed by atoms with Crippen LogP contribution in [0.2, 0.25) is 0 Å². The number of aryl methyl sites for hydroxylation is 5. The Labute approximate surface area is 242 Å². The molecule has 0 spiro atoms. The van der Waals surface area contributed by atoms with Crippen LogP contribution in [0.25, 0.3) is 0 Å². The van der Waals surface area contributed by atoms with Crippen molar-refractivity contribution in [2.24, 2.45) is 0 Å². The molecular formula is C35H50N2O3. The highest BCUT2D eigenvalue weighted by Gasteiger charge is 2.21. The Hall–Kier alpha value is -3.02. The maximum absolute atomic E-state index is 11.4. The zero-order valence-electron chi connectivity index (χ0n) is 26.2. The van der Waals surface area contributed by atoms with Gasteiger partial charge in [0.1, 0.15) is 30.5 Å². The van der Waals surface area contributed by atoms with E-state index in [0.29, 0.717) is 32.1 Å². The van der Waals surface area contributed by atoms with Crippen molar-refractivity contribution in [3.8, 4) is 17.2 Å². The summed E-state index contributed by atoms with van der Waals surface area (Å²) in [5, 5.41) is 11.4. The van der Waals surface area contributed by atoms with E-state index in [1.54, 1.807) is 0 Å². The summed E-state index contributed by atoms with van der Waals surface area (Å²) in [4.78, 5) is 4.73. The summed E-state index contributed by atoms with van der Waals surface area (Å²) in [6, 6.07) is 17.1. The molecule has 0 fully saturated rings. The topological polar surface area (TPSA) is 45.2 Å². The van der Waals surface area contributed by atoms with Gasteiger partial charge in [0.25, 0.3) is 0 Å². The van der Waals surface area contributed by atoms with Crippen LogP contribution < -0.4 is 9.47 Å². The molecule has 1 N–H and O–H groups in total. The Kier molecular flexibility index (Phi) is 11.5. The summed E-state index contributed by atoms with van der Waals surface area (Å²) in [6.45, 7) is 23.5. The van der Waals surface area contributed by atoms with Gasteiger partial charge in [-0.1, -0.05) is 67.9 Å². The first-order chi connectivity index (χ1) is 19.0. The lowest BCUT2D eigenvalue weighted by molar-refractivity contribution is 0.140. The summed E-state index contributed by atoms with van der Waals surface area (Å²) >= 11 is 0. The SMILES string of the molecule is CCN(Cc1cc(C)cc(CN(CC)C(C)COc2c(C)cccc2C)c1O)C(C)COc1c(C)cccc1C. The molecule has 0 amide bonds. The summed E-state index contributed by atoms with van der Waals surface area (Å²) in [5.41, 5.74) is 7.72. The lowest BCUT2D eigenvalue weighted by atomic mass is 10.0. The van der Waals surface area contributed by atoms with Crippen LogP contribution in [0.5, 0.6) is 17.2 Å². The molecule has 3 aromatic rings. The molecule has 5 heteroatoms. The monoisotopic (exact) mass is 546 g/mol. The van der Waals surface area contributed by atoms with Crippen molar-refractivity contribution in [3.63, 3.8) is 0 Å². The van der Waals surface area contributed by atoms with E-state index >= 15 is 0 Å². The molecule has 0 aromatic heterocycles. The molecule has 40 heavy (non-hydrogen) atoms. The zero-order valence-corrected chi connectivity index (χ0v) is 26.2. The van der Waals surface area contributed by atoms with Crippen molar-refractivity contribution < 1.29 is 14.6 Å². The Morgan fingerprint density at radius 1 is 0.650 bits per heavy atom. The average molecular weight is 547 g/mol. The number of phenolic OH excluding ortho intramolecular Hbond substituents is 1. The number of benzene rings is 3. The summed E-state index contributed by atoms with van der Waals surface area (Å²) < 4.78 is 12.5. The third kappa shape index (κ3) is 8.02. The number of hydrogen-bond donors (Lipinski definition) is 1. The van der Waals surface area contributed by atoms with Gasteiger partial charge in [0.05, 0.1) is 0 Å². The number of para-hydroxylation sites is 2. The summed E-state index contributed by atoms with van der Waals surface area (Å²) in [6.07, 6.45) is 0. The van der Waals surface area contributed by atoms with E-state index in [1.165, 1.54) is 0 Å². The Morgan fingerprint density at radius 2 is 1.00 bits per heavy atom. The van der Waals surface area contributed by atoms with Crippen molar-refractivity contribution in [2.45, 2.75) is 87.5 Å². The van der Waals surface area contributed by atoms with Gasteiger partial charge in [0.2, 0.25) is 0 Å². The second-order valence-corrected chi connectivity index (χ2v) is 11.3. The Balaban J connectivity index is 1.69. The summed E-state index contributed by atoms with van der Waals surface area (Å²) in [7, 11) is 0. The number of aromatic hydroxyl groups is 1. The van der Waals surface area contributed by atoms with E-state index in [-0.39, 0.29) is 12.1 Å². The van der Waals surface area contributed by atoms with Crippen LogP contribution in [0.4, 0.5) is 0 Å². The summed E-state index contributed by atoms with van der Waals surface area (Å²) in [5.74, 6) is 2.34. The van der Waals surface area contributed by atoms with Crippen molar-refractivity contribution >= 4 is 0 Å². The first kappa shape index (κ1) is 31.5. The van der Waals surface area contributed by atoms with Crippen molar-refractivity contribution in [1.82, 2.24) is 9.80 Å². The minimum Gasteiger partial charge on any atom is -0.507 e. The molecule has 0 saturated heterocycles. The van der Waals surface area contributed by atoms with Gasteiger partial charge in [0, 0.05) is 36.3 Å². The molecule has 0 heterocycles. The van der Waals surface area contributed by atoms with Gasteiger partial charge in [-0.3, -0.25) is 9.80 Å². The third-order valence-corrected chi connectivity index (χ3v) is 7.97. The fraction of sp³-hybridized carbons (Fsp3) is 0.486. The van der Waals surface area contributed by atoms with Crippen LogP contribution in [0.3, 0.4) is 0 Å². The Bertz CT molecular complexity index is 1120. The number of likely N-dealkylation sites (N-methyl/N-ethyl adjacent to an activating group) is 2. The van der Waals surface area contributed by atoms with Gasteiger partial charge in [-0.25, -0.2) is 0 Å². The van der Waals surface area contributed by atoms with Crippen LogP contribution in [-0.2, 0) is 13.1 Å². The van der Waals surface area contributed by atoms with Crippen LogP contribution in [0, 0.1) is 34.6 Å². The molecule has 2 atom stereocenters. The molecule has 0 aliphatic carbocycles. The molecule has 0 radical (unpaired) electrons. The molecular weight excluding hydrogens is 496 g/mol. The first-order valence-electron chi connectivity index (χ1n) is 14.7. The van der Waals surface area contributed by atoms with Crippen molar-refractivity contribution in [3.05, 3.63) is 87.5 Å². The molecule has 218 valence electrons. The predicted molar refractivity (Wildman–Crippen MR) is 167 cm³/mol. The van der Waals surface area contributed by atoms with E-state index in [2.05, 4.69) is 121 Å². The fourth-order valence-corrected chi connectivity index (χ4v) is 5.44. The smallest absolute Gasteiger partial charge is 0.125 e. The highest BCUT2D eigenvalue weighted by molar-refractivity contribution is 5.44. The number of phenols is 1. The zero-order chi connectivity index (χ0) is 29.4. The van der Waals surface area contributed by atoms with Gasteiger partial charge >= 0.3 is 0 Å². The molecule has 0 aliphatic rings. The van der Waals surface area contributed by atoms with Crippen LogP contribution >= 0.6 is 0 Å². The van der Waals surface area contributed by atoms with E-state index in [1.807, 2.05) is 0 Å². The molecule has 2 unspecified atom stereocenters. The minimum absolute atomic E-state index is 0.196. The van der Waals surface area contributed by atoms with E-state index in [9.17, 15) is 5.11 Å². The predicted octanol–water partition coefficient (Wildman–Crippen LogP) is 7.51. The number of ether oxygens (including phenoxy) is 2. The Morgan fingerprint density at radius 3 is 1.32 bits per heavy atom. The van der Waals surface area contributed by atoms with Gasteiger partial charge in [-0.15, -0.1) is 0 Å². The minimum atomic E-state index is 0.196. The quantitative estimate of drug-likeness (QED) is 0.227. The number of rotatable bonds is 14. The maximum atomic E-state index is 11.4. The number of nitrogens with zero attached hydrogens (tertiary/aromatic N) is 2. The highest BCUT2D eigenvalue weighted by Crippen LogP contribution is 2.29. The van der Waals surface area contributed by atoms with Gasteiger partial charge in [-0.05, 0) is 83.8 Å². The maximum Gasteiger partial charge on any atom is 0.125 e. The third-order valence-electron chi connectivity index (χ3n) is 7.97. The van der Waals surface area contributed by atoms with E-state index in [4.69, 9.17) is 9.47 Å². The lowest BCUT2D eigenvalue weighted by Gasteiger charge is -2.30. The average Bonchev–Trinajstić information content (AvgIpc) is 2.91. The second-order valence-electron chi connectivity index (χ2n) is 11.3. The van der Waals surface area contributed by atoms with Crippen molar-refractivity contribution in [1.29, 1.82) is 0 Å². The largest absolute Gasteiger partial charge is 0.507 e.